The zero-order chi connectivity index (χ0) is 40.7. The van der Waals surface area contributed by atoms with Gasteiger partial charge in [0.1, 0.15) is 42.4 Å². The molecule has 3 aliphatic heterocycles. The summed E-state index contributed by atoms with van der Waals surface area (Å²) in [6.45, 7) is 2.99. The van der Waals surface area contributed by atoms with Crippen LogP contribution in [-0.4, -0.2) is 117 Å². The fourth-order valence-electron chi connectivity index (χ4n) is 6.73. The van der Waals surface area contributed by atoms with Crippen molar-refractivity contribution in [1.29, 1.82) is 0 Å². The highest BCUT2D eigenvalue weighted by Gasteiger charge is 2.58. The number of H-pyrrole nitrogens is 2. The van der Waals surface area contributed by atoms with Crippen molar-refractivity contribution < 1.29 is 79.4 Å². The molecule has 0 radical (unpaired) electrons. The lowest BCUT2D eigenvalue weighted by Crippen LogP contribution is -2.46. The number of aromatic nitrogens is 8. The van der Waals surface area contributed by atoms with Crippen LogP contribution in [0.4, 0.5) is 5.95 Å². The second-order valence-electron chi connectivity index (χ2n) is 13.3. The third-order valence-electron chi connectivity index (χ3n) is 8.81. The number of aromatic amines is 2. The van der Waals surface area contributed by atoms with Gasteiger partial charge in [0.2, 0.25) is 11.7 Å². The van der Waals surface area contributed by atoms with E-state index >= 15 is 0 Å². The number of rotatable bonds is 13. The molecular weight excluding hydrogens is 819 g/mol. The molecule has 27 nitrogen and oxygen atoms in total. The predicted molar refractivity (Wildman–Crippen MR) is 181 cm³/mol. The number of phosphoric acid groups is 3. The van der Waals surface area contributed by atoms with Crippen LogP contribution in [0.3, 0.4) is 0 Å². The number of nitrogen functional groups attached to an aromatic ring is 1. The summed E-state index contributed by atoms with van der Waals surface area (Å²) in [7, 11) is -14.4. The van der Waals surface area contributed by atoms with Gasteiger partial charge in [0.05, 0.1) is 26.6 Å². The van der Waals surface area contributed by atoms with Gasteiger partial charge in [-0.2, -0.15) is 8.62 Å². The van der Waals surface area contributed by atoms with Gasteiger partial charge in [0.15, 0.2) is 29.5 Å². The summed E-state index contributed by atoms with van der Waals surface area (Å²) < 4.78 is 89.7. The van der Waals surface area contributed by atoms with Gasteiger partial charge >= 0.3 is 29.1 Å². The average Bonchev–Trinajstić information content (AvgIpc) is 3.85. The molecule has 3 fully saturated rings. The maximum atomic E-state index is 12.9. The number of nitrogens with one attached hydrogen (secondary N) is 2. The molecule has 3 saturated heterocycles. The number of fused-ring (bicyclic) bond motifs is 3. The number of hydrogen-bond acceptors (Lipinski definition) is 19. The standard InChI is InChI=1S/C26H36N9O18P3/c1-10-29-19-13(21(37)30-10)28-8-34(19)23-15(36)16(45-5)11(48-23)6-46-54(39,40)52-56(43,44)53-55(41,42)47-7-12-17-18(51-26(2,3)50-17)24(49-12)35-9-33(4)14-20(35)31-25(27)32-22(14)38/h8-9,11-12,15-18,23-24,36H,6-7H2,1-5H3,(H6-,27,29,30,31,32,37,38,39,40,41,42,43,44)/p+1/t11-,12-,15+,16?,17+,18?,23-,24-/m1/s1. The van der Waals surface area contributed by atoms with Gasteiger partial charge in [-0.05, 0) is 20.8 Å². The van der Waals surface area contributed by atoms with E-state index in [0.717, 1.165) is 0 Å². The van der Waals surface area contributed by atoms with E-state index in [-0.39, 0.29) is 34.1 Å². The lowest BCUT2D eigenvalue weighted by Gasteiger charge is -2.24. The molecule has 0 aliphatic carbocycles. The Bertz CT molecular complexity index is 2440. The highest BCUT2D eigenvalue weighted by molar-refractivity contribution is 7.66. The lowest BCUT2D eigenvalue weighted by atomic mass is 10.1. The summed E-state index contributed by atoms with van der Waals surface area (Å²) in [5.74, 6) is -1.13. The van der Waals surface area contributed by atoms with Gasteiger partial charge in [-0.1, -0.05) is 4.98 Å². The van der Waals surface area contributed by atoms with Gasteiger partial charge in [-0.25, -0.2) is 28.2 Å². The number of imidazole rings is 2. The Morgan fingerprint density at radius 2 is 1.61 bits per heavy atom. The van der Waals surface area contributed by atoms with Crippen LogP contribution in [0, 0.1) is 6.92 Å². The van der Waals surface area contributed by atoms with Crippen LogP contribution in [0.5, 0.6) is 0 Å². The third kappa shape index (κ3) is 7.92. The van der Waals surface area contributed by atoms with E-state index in [1.807, 2.05) is 0 Å². The van der Waals surface area contributed by atoms with Crippen molar-refractivity contribution >= 4 is 51.7 Å². The van der Waals surface area contributed by atoms with Crippen molar-refractivity contribution in [2.45, 2.75) is 75.6 Å². The van der Waals surface area contributed by atoms with Crippen LogP contribution >= 0.6 is 23.5 Å². The first kappa shape index (κ1) is 40.9. The Labute approximate surface area is 313 Å². The van der Waals surface area contributed by atoms with Crippen molar-refractivity contribution in [3.63, 3.8) is 0 Å². The van der Waals surface area contributed by atoms with Crippen LogP contribution in [0.15, 0.2) is 22.2 Å². The Hall–Kier alpha value is -3.33. The van der Waals surface area contributed by atoms with Crippen molar-refractivity contribution in [2.75, 3.05) is 26.1 Å². The molecule has 5 unspecified atom stereocenters. The summed E-state index contributed by atoms with van der Waals surface area (Å²) in [5.41, 5.74) is 4.91. The van der Waals surface area contributed by atoms with Gasteiger partial charge < -0.3 is 54.2 Å². The van der Waals surface area contributed by atoms with Gasteiger partial charge in [-0.3, -0.25) is 32.8 Å². The van der Waals surface area contributed by atoms with E-state index in [4.69, 9.17) is 38.5 Å². The maximum absolute atomic E-state index is 12.9. The molecule has 30 heteroatoms. The Balaban J connectivity index is 0.987. The maximum Gasteiger partial charge on any atom is 0.490 e. The molecule has 8 N–H and O–H groups in total. The first-order chi connectivity index (χ1) is 26.1. The second kappa shape index (κ2) is 14.5. The smallest absolute Gasteiger partial charge is 0.386 e. The number of aliphatic hydroxyl groups excluding tert-OH is 1. The zero-order valence-electron chi connectivity index (χ0n) is 29.8. The minimum atomic E-state index is -5.93. The molecule has 7 heterocycles. The normalized spacial score (nSPS) is 30.7. The summed E-state index contributed by atoms with van der Waals surface area (Å²) in [4.78, 5) is 72.9. The lowest BCUT2D eigenvalue weighted by molar-refractivity contribution is -0.746. The van der Waals surface area contributed by atoms with E-state index in [0.29, 0.717) is 0 Å². The zero-order valence-corrected chi connectivity index (χ0v) is 32.5. The van der Waals surface area contributed by atoms with Crippen LogP contribution < -0.4 is 21.4 Å². The molecule has 0 aromatic carbocycles. The molecular formula is C26H37N9O18P3+. The van der Waals surface area contributed by atoms with Crippen molar-refractivity contribution in [2.24, 2.45) is 7.05 Å². The highest BCUT2D eigenvalue weighted by Crippen LogP contribution is 2.68. The SMILES string of the molecule is COC1[C@@H](COP(=O)(O)OP(=O)(O)OP(=O)(O)OC[C@H]2O[C@@H]([n+]3cn(C)c4c(=O)[nH]c(N)nc43)C3OC(C)(C)O[C@H]32)O[C@@H](n2cnc3c(=O)[nH]c(C)nc32)[C@H]1O. The minimum absolute atomic E-state index is 0.0494. The highest BCUT2D eigenvalue weighted by atomic mass is 31.3. The van der Waals surface area contributed by atoms with E-state index in [1.165, 1.54) is 40.4 Å². The Kier molecular flexibility index (Phi) is 10.6. The molecule has 56 heavy (non-hydrogen) atoms. The summed E-state index contributed by atoms with van der Waals surface area (Å²) in [5, 5.41) is 10.9. The summed E-state index contributed by atoms with van der Waals surface area (Å²) in [6.07, 6.45) is -6.78. The average molecular weight is 857 g/mol. The monoisotopic (exact) mass is 856 g/mol. The number of aliphatic hydroxyl groups is 1. The molecule has 0 saturated carbocycles. The molecule has 0 amide bonds. The van der Waals surface area contributed by atoms with E-state index < -0.39 is 103 Å². The van der Waals surface area contributed by atoms with Gasteiger partial charge in [0.25, 0.3) is 17.1 Å². The number of ether oxygens (including phenoxy) is 5. The van der Waals surface area contributed by atoms with Crippen LogP contribution in [0.2, 0.25) is 0 Å². The molecule has 11 atom stereocenters. The number of nitrogens with zero attached hydrogens (tertiary/aromatic N) is 6. The van der Waals surface area contributed by atoms with E-state index in [1.54, 1.807) is 20.9 Å². The third-order valence-corrected chi connectivity index (χ3v) is 13.1. The fraction of sp³-hybridized carbons (Fsp3) is 0.615. The van der Waals surface area contributed by atoms with Crippen LogP contribution in [0.1, 0.15) is 32.1 Å². The molecule has 3 aliphatic rings. The number of phosphoric ester groups is 2. The predicted octanol–water partition coefficient (Wildman–Crippen LogP) is -1.37. The Morgan fingerprint density at radius 3 is 2.27 bits per heavy atom. The number of anilines is 1. The summed E-state index contributed by atoms with van der Waals surface area (Å²) in [6, 6.07) is 0. The van der Waals surface area contributed by atoms with Crippen molar-refractivity contribution in [1.82, 2.24) is 34.1 Å². The number of hydrogen-bond donors (Lipinski definition) is 7. The molecule has 4 aromatic heterocycles. The Morgan fingerprint density at radius 1 is 0.964 bits per heavy atom. The molecule has 7 rings (SSSR count). The minimum Gasteiger partial charge on any atom is -0.386 e. The summed E-state index contributed by atoms with van der Waals surface area (Å²) >= 11 is 0. The first-order valence-electron chi connectivity index (χ1n) is 16.3. The molecule has 0 spiro atoms. The van der Waals surface area contributed by atoms with Gasteiger partial charge in [-0.15, -0.1) is 0 Å². The van der Waals surface area contributed by atoms with Crippen molar-refractivity contribution in [3.05, 3.63) is 39.2 Å². The quantitative estimate of drug-likeness (QED) is 0.0602. The van der Waals surface area contributed by atoms with E-state index in [9.17, 15) is 43.1 Å². The number of aryl methyl sites for hydroxylation is 2. The molecule has 308 valence electrons. The molecule has 4 aromatic rings. The largest absolute Gasteiger partial charge is 0.490 e. The van der Waals surface area contributed by atoms with Crippen molar-refractivity contribution in [3.8, 4) is 0 Å². The number of methoxy groups -OCH3 is 1. The van der Waals surface area contributed by atoms with E-state index in [2.05, 4.69) is 33.5 Å². The topological polar surface area (TPSA) is 359 Å². The first-order valence-corrected chi connectivity index (χ1v) is 20.8. The van der Waals surface area contributed by atoms with Gasteiger partial charge in [0, 0.05) is 7.11 Å². The van der Waals surface area contributed by atoms with Crippen LogP contribution in [-0.2, 0) is 62.1 Å². The van der Waals surface area contributed by atoms with Crippen LogP contribution in [0.25, 0.3) is 22.3 Å². The second-order valence-corrected chi connectivity index (χ2v) is 17.9. The number of nitrogens with two attached hydrogens (primary N) is 1. The fourth-order valence-corrected chi connectivity index (χ4v) is 10.2. The molecule has 0 bridgehead atoms.